The Bertz CT molecular complexity index is 783. The van der Waals surface area contributed by atoms with Crippen molar-refractivity contribution in [2.75, 3.05) is 13.2 Å². The maximum atomic E-state index is 12.6. The van der Waals surface area contributed by atoms with Crippen LogP contribution in [0.1, 0.15) is 38.7 Å². The first kappa shape index (κ1) is 26.4. The van der Waals surface area contributed by atoms with E-state index in [0.717, 1.165) is 0 Å². The average Bonchev–Trinajstić information content (AvgIpc) is 2.75. The van der Waals surface area contributed by atoms with Crippen LogP contribution in [0.15, 0.2) is 30.3 Å². The van der Waals surface area contributed by atoms with Crippen LogP contribution in [0, 0.1) is 0 Å². The number of ether oxygens (including phenoxy) is 3. The summed E-state index contributed by atoms with van der Waals surface area (Å²) in [4.78, 5) is 59.6. The number of hydrogen-bond acceptors (Lipinski definition) is 8. The second kappa shape index (κ2) is 14.4. The number of carboxylic acids is 1. The second-order valence-electron chi connectivity index (χ2n) is 6.51. The van der Waals surface area contributed by atoms with Gasteiger partial charge in [-0.25, -0.2) is 9.59 Å². The molecule has 0 fully saturated rings. The van der Waals surface area contributed by atoms with Crippen LogP contribution in [0.4, 0.5) is 4.79 Å². The highest BCUT2D eigenvalue weighted by Crippen LogP contribution is 2.05. The van der Waals surface area contributed by atoms with Gasteiger partial charge in [0.25, 0.3) is 0 Å². The van der Waals surface area contributed by atoms with Gasteiger partial charge < -0.3 is 30.0 Å². The molecule has 176 valence electrons. The average molecular weight is 452 g/mol. The van der Waals surface area contributed by atoms with Gasteiger partial charge in [0, 0.05) is 6.42 Å². The zero-order valence-corrected chi connectivity index (χ0v) is 18.0. The number of amides is 2. The number of alkyl carbamates (subject to hydrolysis) is 1. The molecule has 0 aliphatic carbocycles. The Labute approximate surface area is 185 Å². The van der Waals surface area contributed by atoms with Gasteiger partial charge in [0.05, 0.1) is 19.6 Å². The van der Waals surface area contributed by atoms with Crippen molar-refractivity contribution >= 4 is 29.9 Å². The number of nitrogens with one attached hydrogen (secondary N) is 2. The number of rotatable bonds is 13. The largest absolute Gasteiger partial charge is 0.481 e. The van der Waals surface area contributed by atoms with E-state index in [1.54, 1.807) is 44.2 Å². The number of carboxylic acid groups (broad SMARTS) is 1. The molecule has 1 aromatic rings. The smallest absolute Gasteiger partial charge is 0.408 e. The molecule has 3 N–H and O–H groups in total. The summed E-state index contributed by atoms with van der Waals surface area (Å²) < 4.78 is 14.7. The Morgan fingerprint density at radius 3 is 2.16 bits per heavy atom. The Morgan fingerprint density at radius 2 is 1.56 bits per heavy atom. The SMILES string of the molecule is CCOC(=O)CC[C@H](NC(=O)[C@H](CC(=O)O)NC(=O)OCc1ccccc1)C(=O)OCC. The summed E-state index contributed by atoms with van der Waals surface area (Å²) in [5.41, 5.74) is 0.697. The number of hydrogen-bond donors (Lipinski definition) is 3. The van der Waals surface area contributed by atoms with Crippen LogP contribution in [0.5, 0.6) is 0 Å². The lowest BCUT2D eigenvalue weighted by Gasteiger charge is -2.21. The van der Waals surface area contributed by atoms with Gasteiger partial charge in [-0.1, -0.05) is 30.3 Å². The van der Waals surface area contributed by atoms with Crippen molar-refractivity contribution in [3.8, 4) is 0 Å². The number of carbonyl (C=O) groups is 5. The van der Waals surface area contributed by atoms with Gasteiger partial charge in [-0.3, -0.25) is 14.4 Å². The standard InChI is InChI=1S/C21H28N2O9/c1-3-30-18(26)11-10-15(20(28)31-4-2)22-19(27)16(12-17(24)25)23-21(29)32-13-14-8-6-5-7-9-14/h5-9,15-16H,3-4,10-13H2,1-2H3,(H,22,27)(H,23,29)(H,24,25)/t15-,16-/m0/s1. The quantitative estimate of drug-likeness (QED) is 0.295. The molecule has 0 heterocycles. The number of benzene rings is 1. The first-order valence-corrected chi connectivity index (χ1v) is 10.1. The highest BCUT2D eigenvalue weighted by Gasteiger charge is 2.30. The molecule has 0 bridgehead atoms. The first-order valence-electron chi connectivity index (χ1n) is 10.1. The Morgan fingerprint density at radius 1 is 0.906 bits per heavy atom. The van der Waals surface area contributed by atoms with Crippen LogP contribution in [0.2, 0.25) is 0 Å². The maximum Gasteiger partial charge on any atom is 0.408 e. The maximum absolute atomic E-state index is 12.6. The fraction of sp³-hybridized carbons (Fsp3) is 0.476. The molecule has 1 rings (SSSR count). The summed E-state index contributed by atoms with van der Waals surface area (Å²) >= 11 is 0. The summed E-state index contributed by atoms with van der Waals surface area (Å²) in [5, 5.41) is 13.6. The predicted molar refractivity (Wildman–Crippen MR) is 110 cm³/mol. The van der Waals surface area contributed by atoms with E-state index in [1.807, 2.05) is 0 Å². The minimum absolute atomic E-state index is 0.0349. The minimum atomic E-state index is -1.52. The third kappa shape index (κ3) is 10.4. The van der Waals surface area contributed by atoms with E-state index in [4.69, 9.17) is 19.3 Å². The lowest BCUT2D eigenvalue weighted by atomic mass is 10.1. The molecule has 0 aliphatic heterocycles. The van der Waals surface area contributed by atoms with Gasteiger partial charge in [0.15, 0.2) is 0 Å². The van der Waals surface area contributed by atoms with Crippen molar-refractivity contribution in [2.24, 2.45) is 0 Å². The second-order valence-corrected chi connectivity index (χ2v) is 6.51. The molecule has 0 unspecified atom stereocenters. The molecule has 0 radical (unpaired) electrons. The van der Waals surface area contributed by atoms with Crippen LogP contribution in [0.3, 0.4) is 0 Å². The molecular weight excluding hydrogens is 424 g/mol. The molecule has 32 heavy (non-hydrogen) atoms. The lowest BCUT2D eigenvalue weighted by Crippen LogP contribution is -2.52. The van der Waals surface area contributed by atoms with E-state index < -0.39 is 48.4 Å². The van der Waals surface area contributed by atoms with E-state index in [1.165, 1.54) is 0 Å². The third-order valence-corrected chi connectivity index (χ3v) is 4.03. The molecule has 0 spiro atoms. The van der Waals surface area contributed by atoms with Gasteiger partial charge in [0.1, 0.15) is 18.7 Å². The van der Waals surface area contributed by atoms with Gasteiger partial charge in [-0.2, -0.15) is 0 Å². The molecule has 0 aliphatic rings. The Kier molecular flexibility index (Phi) is 11.9. The molecule has 0 saturated heterocycles. The molecule has 0 saturated carbocycles. The van der Waals surface area contributed by atoms with E-state index in [2.05, 4.69) is 10.6 Å². The molecule has 11 nitrogen and oxygen atoms in total. The van der Waals surface area contributed by atoms with Crippen molar-refractivity contribution in [3.63, 3.8) is 0 Å². The molecule has 0 aromatic heterocycles. The summed E-state index contributed by atoms with van der Waals surface area (Å²) in [6, 6.07) is 6.00. The fourth-order valence-electron chi connectivity index (χ4n) is 2.55. The first-order chi connectivity index (χ1) is 15.3. The molecule has 11 heteroatoms. The third-order valence-electron chi connectivity index (χ3n) is 4.03. The van der Waals surface area contributed by atoms with Crippen LogP contribution >= 0.6 is 0 Å². The van der Waals surface area contributed by atoms with Gasteiger partial charge in [-0.05, 0) is 25.8 Å². The van der Waals surface area contributed by atoms with Gasteiger partial charge >= 0.3 is 24.0 Å². The number of esters is 2. The van der Waals surface area contributed by atoms with E-state index in [-0.39, 0.29) is 32.7 Å². The summed E-state index contributed by atoms with van der Waals surface area (Å²) in [5.74, 6) is -3.66. The van der Waals surface area contributed by atoms with Crippen molar-refractivity contribution in [2.45, 2.75) is 51.8 Å². The zero-order chi connectivity index (χ0) is 23.9. The monoisotopic (exact) mass is 452 g/mol. The van der Waals surface area contributed by atoms with E-state index >= 15 is 0 Å². The van der Waals surface area contributed by atoms with E-state index in [9.17, 15) is 24.0 Å². The van der Waals surface area contributed by atoms with E-state index in [0.29, 0.717) is 5.56 Å². The zero-order valence-electron chi connectivity index (χ0n) is 18.0. The Hall–Kier alpha value is -3.63. The van der Waals surface area contributed by atoms with Crippen LogP contribution in [-0.4, -0.2) is 60.3 Å². The fourth-order valence-corrected chi connectivity index (χ4v) is 2.55. The minimum Gasteiger partial charge on any atom is -0.481 e. The number of aliphatic carboxylic acids is 1. The van der Waals surface area contributed by atoms with Crippen LogP contribution in [-0.2, 0) is 40.0 Å². The van der Waals surface area contributed by atoms with Gasteiger partial charge in [-0.15, -0.1) is 0 Å². The lowest BCUT2D eigenvalue weighted by molar-refractivity contribution is -0.149. The molecule has 2 atom stereocenters. The van der Waals surface area contributed by atoms with Crippen molar-refractivity contribution in [1.29, 1.82) is 0 Å². The topological polar surface area (TPSA) is 157 Å². The van der Waals surface area contributed by atoms with Crippen molar-refractivity contribution in [1.82, 2.24) is 10.6 Å². The van der Waals surface area contributed by atoms with Crippen LogP contribution < -0.4 is 10.6 Å². The highest BCUT2D eigenvalue weighted by molar-refractivity contribution is 5.92. The van der Waals surface area contributed by atoms with Crippen molar-refractivity contribution < 1.29 is 43.3 Å². The van der Waals surface area contributed by atoms with Crippen molar-refractivity contribution in [3.05, 3.63) is 35.9 Å². The summed E-state index contributed by atoms with van der Waals surface area (Å²) in [7, 11) is 0. The molecule has 2 amide bonds. The molecular formula is C21H28N2O9. The highest BCUT2D eigenvalue weighted by atomic mass is 16.5. The normalized spacial score (nSPS) is 12.1. The Balaban J connectivity index is 2.77. The van der Waals surface area contributed by atoms with Crippen LogP contribution in [0.25, 0.3) is 0 Å². The predicted octanol–water partition coefficient (Wildman–Crippen LogP) is 1.15. The summed E-state index contributed by atoms with van der Waals surface area (Å²) in [6.07, 6.45) is -2.05. The van der Waals surface area contributed by atoms with Gasteiger partial charge in [0.2, 0.25) is 5.91 Å². The molecule has 1 aromatic carbocycles. The summed E-state index contributed by atoms with van der Waals surface area (Å²) in [6.45, 7) is 3.30. The number of carbonyl (C=O) groups excluding carboxylic acids is 4.